The normalized spacial score (nSPS) is 19.4. The minimum atomic E-state index is -1.74. The van der Waals surface area contributed by atoms with E-state index in [1.165, 1.54) is 12.1 Å². The molecule has 0 bridgehead atoms. The molecule has 0 amide bonds. The van der Waals surface area contributed by atoms with Gasteiger partial charge in [0, 0.05) is 18.0 Å². The van der Waals surface area contributed by atoms with Crippen LogP contribution in [-0.2, 0) is 4.74 Å². The first-order valence-electron chi connectivity index (χ1n) is 5.53. The van der Waals surface area contributed by atoms with E-state index < -0.39 is 12.9 Å². The first-order valence-corrected chi connectivity index (χ1v) is 5.53. The Kier molecular flexibility index (Phi) is 3.99. The van der Waals surface area contributed by atoms with Crippen LogP contribution in [0.4, 0.5) is 4.39 Å². The quantitative estimate of drug-likeness (QED) is 0.723. The van der Waals surface area contributed by atoms with Crippen molar-refractivity contribution in [3.05, 3.63) is 24.0 Å². The predicted molar refractivity (Wildman–Crippen MR) is 60.6 cm³/mol. The molecule has 1 saturated heterocycles. The SMILES string of the molecule is OB(O)c1cc(F)ccc1OC[C@@H]1CCOC1. The van der Waals surface area contributed by atoms with Crippen molar-refractivity contribution in [2.75, 3.05) is 19.8 Å². The van der Waals surface area contributed by atoms with Gasteiger partial charge in [-0.1, -0.05) is 0 Å². The van der Waals surface area contributed by atoms with Gasteiger partial charge in [0.1, 0.15) is 11.6 Å². The van der Waals surface area contributed by atoms with Crippen LogP contribution in [0.25, 0.3) is 0 Å². The first-order chi connectivity index (χ1) is 8.16. The first kappa shape index (κ1) is 12.4. The van der Waals surface area contributed by atoms with Gasteiger partial charge in [-0.15, -0.1) is 0 Å². The smallest absolute Gasteiger partial charge is 0.492 e. The highest BCUT2D eigenvalue weighted by molar-refractivity contribution is 6.59. The van der Waals surface area contributed by atoms with E-state index in [4.69, 9.17) is 19.5 Å². The maximum absolute atomic E-state index is 13.0. The molecule has 1 heterocycles. The molecule has 17 heavy (non-hydrogen) atoms. The molecule has 1 fully saturated rings. The van der Waals surface area contributed by atoms with Crippen molar-refractivity contribution in [1.82, 2.24) is 0 Å². The van der Waals surface area contributed by atoms with E-state index in [2.05, 4.69) is 0 Å². The van der Waals surface area contributed by atoms with Gasteiger partial charge in [-0.2, -0.15) is 0 Å². The molecule has 1 aliphatic rings. The summed E-state index contributed by atoms with van der Waals surface area (Å²) in [4.78, 5) is 0. The average molecular weight is 240 g/mol. The second-order valence-electron chi connectivity index (χ2n) is 4.10. The van der Waals surface area contributed by atoms with Crippen molar-refractivity contribution in [3.63, 3.8) is 0 Å². The van der Waals surface area contributed by atoms with Crippen LogP contribution in [0.3, 0.4) is 0 Å². The fraction of sp³-hybridized carbons (Fsp3) is 0.455. The maximum Gasteiger partial charge on any atom is 0.492 e. The largest absolute Gasteiger partial charge is 0.494 e. The van der Waals surface area contributed by atoms with Crippen molar-refractivity contribution in [3.8, 4) is 5.75 Å². The molecule has 0 radical (unpaired) electrons. The zero-order chi connectivity index (χ0) is 12.3. The molecule has 1 aliphatic heterocycles. The molecule has 0 aliphatic carbocycles. The van der Waals surface area contributed by atoms with Gasteiger partial charge in [0.15, 0.2) is 0 Å². The molecule has 2 rings (SSSR count). The van der Waals surface area contributed by atoms with Crippen molar-refractivity contribution in [2.24, 2.45) is 5.92 Å². The average Bonchev–Trinajstić information content (AvgIpc) is 2.80. The van der Waals surface area contributed by atoms with Crippen molar-refractivity contribution < 1.29 is 23.9 Å². The Labute approximate surface area is 99.1 Å². The Morgan fingerprint density at radius 2 is 2.29 bits per heavy atom. The minimum absolute atomic E-state index is 0.0453. The van der Waals surface area contributed by atoms with Crippen LogP contribution < -0.4 is 10.2 Å². The summed E-state index contributed by atoms with van der Waals surface area (Å²) in [5.74, 6) is 0.0849. The molecule has 0 saturated carbocycles. The van der Waals surface area contributed by atoms with Gasteiger partial charge in [0.05, 0.1) is 13.2 Å². The molecule has 1 aromatic carbocycles. The Balaban J connectivity index is 2.03. The van der Waals surface area contributed by atoms with Gasteiger partial charge in [-0.3, -0.25) is 0 Å². The highest BCUT2D eigenvalue weighted by Gasteiger charge is 2.21. The van der Waals surface area contributed by atoms with E-state index in [0.717, 1.165) is 19.1 Å². The minimum Gasteiger partial charge on any atom is -0.494 e. The lowest BCUT2D eigenvalue weighted by molar-refractivity contribution is 0.167. The fourth-order valence-electron chi connectivity index (χ4n) is 1.77. The third-order valence-electron chi connectivity index (χ3n) is 2.75. The van der Waals surface area contributed by atoms with Crippen LogP contribution in [0.1, 0.15) is 6.42 Å². The van der Waals surface area contributed by atoms with Gasteiger partial charge in [-0.05, 0) is 24.6 Å². The Morgan fingerprint density at radius 3 is 2.94 bits per heavy atom. The number of rotatable bonds is 4. The second kappa shape index (κ2) is 5.49. The fourth-order valence-corrected chi connectivity index (χ4v) is 1.77. The van der Waals surface area contributed by atoms with Crippen molar-refractivity contribution in [2.45, 2.75) is 6.42 Å². The summed E-state index contributed by atoms with van der Waals surface area (Å²) < 4.78 is 23.6. The molecular weight excluding hydrogens is 226 g/mol. The lowest BCUT2D eigenvalue weighted by atomic mass is 9.79. The lowest BCUT2D eigenvalue weighted by Gasteiger charge is -2.13. The van der Waals surface area contributed by atoms with Gasteiger partial charge < -0.3 is 19.5 Å². The van der Waals surface area contributed by atoms with E-state index in [-0.39, 0.29) is 5.46 Å². The van der Waals surface area contributed by atoms with Crippen LogP contribution in [0, 0.1) is 11.7 Å². The number of ether oxygens (including phenoxy) is 2. The molecule has 2 N–H and O–H groups in total. The third-order valence-corrected chi connectivity index (χ3v) is 2.75. The van der Waals surface area contributed by atoms with Gasteiger partial charge in [0.25, 0.3) is 0 Å². The molecule has 1 atom stereocenters. The highest BCUT2D eigenvalue weighted by Crippen LogP contribution is 2.16. The van der Waals surface area contributed by atoms with Crippen LogP contribution in [-0.4, -0.2) is 37.0 Å². The molecule has 92 valence electrons. The van der Waals surface area contributed by atoms with Gasteiger partial charge in [-0.25, -0.2) is 4.39 Å². The molecule has 1 aromatic rings. The summed E-state index contributed by atoms with van der Waals surface area (Å²) in [5.41, 5.74) is 0.0453. The standard InChI is InChI=1S/C11H14BFO4/c13-9-1-2-11(10(5-9)12(14)15)17-7-8-3-4-16-6-8/h1-2,5,8,14-15H,3-4,6-7H2/t8-/m1/s1. The van der Waals surface area contributed by atoms with E-state index >= 15 is 0 Å². The molecule has 0 spiro atoms. The zero-order valence-electron chi connectivity index (χ0n) is 9.30. The van der Waals surface area contributed by atoms with E-state index in [0.29, 0.717) is 24.9 Å². The molecule has 0 aromatic heterocycles. The molecular formula is C11H14BFO4. The van der Waals surface area contributed by atoms with E-state index in [1.54, 1.807) is 0 Å². The summed E-state index contributed by atoms with van der Waals surface area (Å²) in [6, 6.07) is 3.69. The highest BCUT2D eigenvalue weighted by atomic mass is 19.1. The van der Waals surface area contributed by atoms with Gasteiger partial charge in [0.2, 0.25) is 0 Å². The van der Waals surface area contributed by atoms with Crippen molar-refractivity contribution in [1.29, 1.82) is 0 Å². The van der Waals surface area contributed by atoms with Gasteiger partial charge >= 0.3 is 7.12 Å². The van der Waals surface area contributed by atoms with Crippen molar-refractivity contribution >= 4 is 12.6 Å². The monoisotopic (exact) mass is 240 g/mol. The van der Waals surface area contributed by atoms with Crippen LogP contribution in [0.2, 0.25) is 0 Å². The van der Waals surface area contributed by atoms with E-state index in [9.17, 15) is 4.39 Å². The maximum atomic E-state index is 13.0. The predicted octanol–water partition coefficient (Wildman–Crippen LogP) is -0.0792. The second-order valence-corrected chi connectivity index (χ2v) is 4.10. The number of hydrogen-bond donors (Lipinski definition) is 2. The number of hydrogen-bond acceptors (Lipinski definition) is 4. The third kappa shape index (κ3) is 3.18. The van der Waals surface area contributed by atoms with Crippen LogP contribution in [0.5, 0.6) is 5.75 Å². The summed E-state index contributed by atoms with van der Waals surface area (Å²) in [6.45, 7) is 1.82. The molecule has 4 nitrogen and oxygen atoms in total. The summed E-state index contributed by atoms with van der Waals surface area (Å²) in [7, 11) is -1.74. The summed E-state index contributed by atoms with van der Waals surface area (Å²) >= 11 is 0. The number of benzene rings is 1. The summed E-state index contributed by atoms with van der Waals surface area (Å²) in [5, 5.41) is 18.2. The zero-order valence-corrected chi connectivity index (χ0v) is 9.30. The Bertz CT molecular complexity index is 380. The lowest BCUT2D eigenvalue weighted by Crippen LogP contribution is -2.32. The van der Waals surface area contributed by atoms with Crippen LogP contribution >= 0.6 is 0 Å². The Hall–Kier alpha value is -1.11. The molecule has 0 unspecified atom stereocenters. The Morgan fingerprint density at radius 1 is 1.47 bits per heavy atom. The number of halogens is 1. The summed E-state index contributed by atoms with van der Waals surface area (Å²) in [6.07, 6.45) is 0.929. The molecule has 6 heteroatoms. The van der Waals surface area contributed by atoms with E-state index in [1.807, 2.05) is 0 Å². The topological polar surface area (TPSA) is 58.9 Å². The van der Waals surface area contributed by atoms with Crippen LogP contribution in [0.15, 0.2) is 18.2 Å².